The van der Waals surface area contributed by atoms with Crippen molar-refractivity contribution in [1.82, 2.24) is 21.3 Å². The standard InChI is InChI=1S/C25H35N5O10/c1-27-18(13-14-5-3-2-4-6-14)24(38)29-16(8-11-20(32)33)22(36)28-15(7-10-19(26)31)23(37)30-17(25(39)40)9-12-21(34)35/h2-6,15-18,27H,7-13H2,1H3,(H2,26,31)(H,28,36)(H,29,38)(H,30,37)(H,32,33)(H,34,35)(H,39,40)/t15-,16-,17-,18-/m0/s1. The van der Waals surface area contributed by atoms with Gasteiger partial charge in [-0.05, 0) is 38.3 Å². The Kier molecular flexibility index (Phi) is 14.4. The number of carbonyl (C=O) groups is 7. The minimum absolute atomic E-state index is 0.257. The van der Waals surface area contributed by atoms with Crippen LogP contribution in [0.25, 0.3) is 0 Å². The van der Waals surface area contributed by atoms with Crippen LogP contribution in [0, 0.1) is 0 Å². The molecule has 0 saturated heterocycles. The minimum atomic E-state index is -1.60. The van der Waals surface area contributed by atoms with Crippen molar-refractivity contribution in [2.75, 3.05) is 7.05 Å². The molecule has 0 radical (unpaired) electrons. The minimum Gasteiger partial charge on any atom is -0.481 e. The molecule has 9 N–H and O–H groups in total. The molecular weight excluding hydrogens is 530 g/mol. The summed E-state index contributed by atoms with van der Waals surface area (Å²) in [5.74, 6) is -7.47. The number of likely N-dealkylation sites (N-methyl/N-ethyl adjacent to an activating group) is 1. The van der Waals surface area contributed by atoms with E-state index in [1.807, 2.05) is 0 Å². The van der Waals surface area contributed by atoms with Crippen LogP contribution in [-0.4, -0.2) is 88.1 Å². The molecule has 15 heteroatoms. The molecule has 0 saturated carbocycles. The lowest BCUT2D eigenvalue weighted by atomic mass is 10.0. The van der Waals surface area contributed by atoms with Crippen molar-refractivity contribution >= 4 is 41.5 Å². The molecule has 0 aliphatic heterocycles. The first-order valence-corrected chi connectivity index (χ1v) is 12.4. The quantitative estimate of drug-likeness (QED) is 0.0943. The summed E-state index contributed by atoms with van der Waals surface area (Å²) in [4.78, 5) is 83.7. The van der Waals surface area contributed by atoms with Crippen LogP contribution >= 0.6 is 0 Å². The van der Waals surface area contributed by atoms with Crippen molar-refractivity contribution < 1.29 is 48.9 Å². The highest BCUT2D eigenvalue weighted by molar-refractivity contribution is 5.94. The van der Waals surface area contributed by atoms with Gasteiger partial charge < -0.3 is 42.3 Å². The molecule has 0 fully saturated rings. The van der Waals surface area contributed by atoms with E-state index in [0.717, 1.165) is 5.56 Å². The van der Waals surface area contributed by atoms with E-state index < -0.39 is 85.0 Å². The topological polar surface area (TPSA) is 254 Å². The Morgan fingerprint density at radius 1 is 0.675 bits per heavy atom. The van der Waals surface area contributed by atoms with Crippen molar-refractivity contribution in [2.24, 2.45) is 5.73 Å². The Balaban J connectivity index is 3.08. The second kappa shape index (κ2) is 17.1. The fourth-order valence-corrected chi connectivity index (χ4v) is 3.61. The highest BCUT2D eigenvalue weighted by Crippen LogP contribution is 2.07. The maximum absolute atomic E-state index is 13.1. The summed E-state index contributed by atoms with van der Waals surface area (Å²) in [5, 5.41) is 37.0. The molecule has 1 rings (SSSR count). The van der Waals surface area contributed by atoms with E-state index in [-0.39, 0.29) is 25.7 Å². The van der Waals surface area contributed by atoms with Crippen molar-refractivity contribution in [1.29, 1.82) is 0 Å². The number of benzene rings is 1. The maximum atomic E-state index is 13.1. The molecule has 0 aliphatic rings. The second-order valence-electron chi connectivity index (χ2n) is 8.92. The van der Waals surface area contributed by atoms with Gasteiger partial charge in [0, 0.05) is 19.3 Å². The Hall–Kier alpha value is -4.53. The van der Waals surface area contributed by atoms with E-state index >= 15 is 0 Å². The summed E-state index contributed by atoms with van der Waals surface area (Å²) in [6, 6.07) is 3.69. The largest absolute Gasteiger partial charge is 0.481 e. The second-order valence-corrected chi connectivity index (χ2v) is 8.92. The number of carbonyl (C=O) groups excluding carboxylic acids is 4. The number of rotatable bonds is 19. The molecule has 1 aromatic carbocycles. The smallest absolute Gasteiger partial charge is 0.326 e. The predicted molar refractivity (Wildman–Crippen MR) is 139 cm³/mol. The predicted octanol–water partition coefficient (Wildman–Crippen LogP) is -1.65. The van der Waals surface area contributed by atoms with Gasteiger partial charge in [-0.3, -0.25) is 28.8 Å². The zero-order valence-corrected chi connectivity index (χ0v) is 21.9. The van der Waals surface area contributed by atoms with Gasteiger partial charge in [0.15, 0.2) is 0 Å². The molecule has 4 atom stereocenters. The van der Waals surface area contributed by atoms with E-state index in [2.05, 4.69) is 21.3 Å². The number of nitrogens with two attached hydrogens (primary N) is 1. The molecule has 220 valence electrons. The van der Waals surface area contributed by atoms with Gasteiger partial charge in [0.2, 0.25) is 23.6 Å². The first-order chi connectivity index (χ1) is 18.8. The average molecular weight is 566 g/mol. The molecule has 0 unspecified atom stereocenters. The van der Waals surface area contributed by atoms with Gasteiger partial charge in [0.1, 0.15) is 18.1 Å². The van der Waals surface area contributed by atoms with E-state index in [1.165, 1.54) is 7.05 Å². The fraction of sp³-hybridized carbons (Fsp3) is 0.480. The maximum Gasteiger partial charge on any atom is 0.326 e. The number of carboxylic acids is 3. The van der Waals surface area contributed by atoms with Crippen molar-refractivity contribution in [3.8, 4) is 0 Å². The highest BCUT2D eigenvalue weighted by Gasteiger charge is 2.31. The molecule has 0 aromatic heterocycles. The van der Waals surface area contributed by atoms with Crippen LogP contribution in [0.15, 0.2) is 30.3 Å². The molecule has 0 heterocycles. The number of primary amides is 1. The van der Waals surface area contributed by atoms with Gasteiger partial charge in [-0.25, -0.2) is 4.79 Å². The van der Waals surface area contributed by atoms with Crippen LogP contribution in [0.3, 0.4) is 0 Å². The third kappa shape index (κ3) is 12.8. The number of nitrogens with one attached hydrogen (secondary N) is 4. The average Bonchev–Trinajstić information content (AvgIpc) is 2.89. The summed E-state index contributed by atoms with van der Waals surface area (Å²) in [5.41, 5.74) is 5.97. The van der Waals surface area contributed by atoms with Gasteiger partial charge in [-0.1, -0.05) is 30.3 Å². The number of carboxylic acid groups (broad SMARTS) is 3. The molecule has 0 aliphatic carbocycles. The van der Waals surface area contributed by atoms with Crippen LogP contribution < -0.4 is 27.0 Å². The van der Waals surface area contributed by atoms with Crippen LogP contribution in [0.4, 0.5) is 0 Å². The molecule has 15 nitrogen and oxygen atoms in total. The normalized spacial score (nSPS) is 13.6. The van der Waals surface area contributed by atoms with Crippen molar-refractivity contribution in [3.63, 3.8) is 0 Å². The Labute approximate surface area is 229 Å². The summed E-state index contributed by atoms with van der Waals surface area (Å²) < 4.78 is 0. The van der Waals surface area contributed by atoms with E-state index in [4.69, 9.17) is 15.9 Å². The van der Waals surface area contributed by atoms with Crippen molar-refractivity contribution in [2.45, 2.75) is 69.1 Å². The SMILES string of the molecule is CN[C@@H](Cc1ccccc1)C(=O)N[C@@H](CCC(=O)O)C(=O)N[C@@H](CCC(N)=O)C(=O)N[C@@H](CCC(=O)O)C(=O)O. The van der Waals surface area contributed by atoms with Gasteiger partial charge in [-0.2, -0.15) is 0 Å². The molecule has 1 aromatic rings. The van der Waals surface area contributed by atoms with Crippen LogP contribution in [-0.2, 0) is 40.0 Å². The van der Waals surface area contributed by atoms with Gasteiger partial charge in [-0.15, -0.1) is 0 Å². The zero-order valence-electron chi connectivity index (χ0n) is 21.9. The fourth-order valence-electron chi connectivity index (χ4n) is 3.61. The monoisotopic (exact) mass is 565 g/mol. The lowest BCUT2D eigenvalue weighted by Crippen LogP contribution is -2.57. The summed E-state index contributed by atoms with van der Waals surface area (Å²) in [6.45, 7) is 0. The highest BCUT2D eigenvalue weighted by atomic mass is 16.4. The number of hydrogen-bond acceptors (Lipinski definition) is 8. The van der Waals surface area contributed by atoms with Crippen LogP contribution in [0.2, 0.25) is 0 Å². The Bertz CT molecular complexity index is 1070. The lowest BCUT2D eigenvalue weighted by molar-refractivity contribution is -0.143. The number of amides is 4. The van der Waals surface area contributed by atoms with E-state index in [0.29, 0.717) is 0 Å². The zero-order chi connectivity index (χ0) is 30.2. The molecule has 0 spiro atoms. The van der Waals surface area contributed by atoms with Gasteiger partial charge >= 0.3 is 17.9 Å². The Morgan fingerprint density at radius 3 is 1.52 bits per heavy atom. The molecule has 4 amide bonds. The first kappa shape index (κ1) is 33.5. The lowest BCUT2D eigenvalue weighted by Gasteiger charge is -2.25. The summed E-state index contributed by atoms with van der Waals surface area (Å²) in [6.07, 6.45) is -2.31. The number of hydrogen-bond donors (Lipinski definition) is 8. The van der Waals surface area contributed by atoms with E-state index in [9.17, 15) is 38.7 Å². The van der Waals surface area contributed by atoms with Crippen LogP contribution in [0.1, 0.15) is 44.1 Å². The third-order valence-electron chi connectivity index (χ3n) is 5.80. The van der Waals surface area contributed by atoms with Gasteiger partial charge in [0.05, 0.1) is 6.04 Å². The molecule has 0 bridgehead atoms. The van der Waals surface area contributed by atoms with Crippen LogP contribution in [0.5, 0.6) is 0 Å². The van der Waals surface area contributed by atoms with Crippen molar-refractivity contribution in [3.05, 3.63) is 35.9 Å². The number of aliphatic carboxylic acids is 3. The van der Waals surface area contributed by atoms with Gasteiger partial charge in [0.25, 0.3) is 0 Å². The molecule has 40 heavy (non-hydrogen) atoms. The third-order valence-corrected chi connectivity index (χ3v) is 5.80. The summed E-state index contributed by atoms with van der Waals surface area (Å²) >= 11 is 0. The summed E-state index contributed by atoms with van der Waals surface area (Å²) in [7, 11) is 1.53. The Morgan fingerprint density at radius 2 is 1.10 bits per heavy atom. The van der Waals surface area contributed by atoms with E-state index in [1.54, 1.807) is 30.3 Å². The first-order valence-electron chi connectivity index (χ1n) is 12.4. The molecular formula is C25H35N5O10.